The van der Waals surface area contributed by atoms with Crippen LogP contribution in [0.3, 0.4) is 0 Å². The maximum absolute atomic E-state index is 5.81. The van der Waals surface area contributed by atoms with Gasteiger partial charge in [0.2, 0.25) is 0 Å². The number of unbranched alkanes of at least 4 members (excludes halogenated alkanes) is 5. The highest BCUT2D eigenvalue weighted by molar-refractivity contribution is 6.79. The highest BCUT2D eigenvalue weighted by Gasteiger charge is 2.33. The fourth-order valence-electron chi connectivity index (χ4n) is 4.26. The van der Waals surface area contributed by atoms with Crippen molar-refractivity contribution >= 4 is 30.9 Å². The quantitative estimate of drug-likeness (QED) is 0.107. The molecule has 0 saturated carbocycles. The van der Waals surface area contributed by atoms with Crippen molar-refractivity contribution in [2.24, 2.45) is 0 Å². The van der Waals surface area contributed by atoms with Crippen LogP contribution in [0.1, 0.15) is 94.4 Å². The summed E-state index contributed by atoms with van der Waals surface area (Å²) in [6.45, 7) is 27.3. The average molecular weight is 621 g/mol. The van der Waals surface area contributed by atoms with E-state index in [1.165, 1.54) is 43.7 Å². The van der Waals surface area contributed by atoms with Gasteiger partial charge in [0.25, 0.3) is 0 Å². The second kappa shape index (κ2) is 27.5. The van der Waals surface area contributed by atoms with Crippen LogP contribution in [0.2, 0.25) is 32.2 Å². The molecule has 0 N–H and O–H groups in total. The molecule has 240 valence electrons. The molecule has 9 heteroatoms. The van der Waals surface area contributed by atoms with Crippen molar-refractivity contribution in [3.8, 4) is 0 Å². The van der Waals surface area contributed by atoms with Gasteiger partial charge in [0, 0.05) is 39.6 Å². The molecule has 0 amide bonds. The highest BCUT2D eigenvalue weighted by Crippen LogP contribution is 2.18. The molecule has 0 atom stereocenters. The second-order valence-corrected chi connectivity index (χ2v) is 19.7. The van der Waals surface area contributed by atoms with E-state index in [1.54, 1.807) is 0 Å². The zero-order chi connectivity index (χ0) is 30.0. The summed E-state index contributed by atoms with van der Waals surface area (Å²) in [6, 6.07) is 11.4. The summed E-state index contributed by atoms with van der Waals surface area (Å²) in [6.07, 6.45) is 8.07. The van der Waals surface area contributed by atoms with Crippen LogP contribution in [-0.4, -0.2) is 65.3 Å². The fourth-order valence-corrected chi connectivity index (χ4v) is 10.5. The maximum atomic E-state index is 5.81. The standard InChI is InChI=1S/C13H30O2Si.C11H18O2Si.C6H16O2Si.CH4/c1-5-8-9-10-11-12-13-16(4,14-6-2)15-7-3;1-4-12-14(3,13-5-2)11-9-7-6-8-10-11;1-5-7-9(3,4)8-6-2;/h5-13H2,1-4H3;6-10H,4-5H2,1-3H3;5-6H2,1-4H3;1H4. The topological polar surface area (TPSA) is 55.4 Å². The Morgan fingerprint density at radius 1 is 0.500 bits per heavy atom. The van der Waals surface area contributed by atoms with Crippen LogP contribution in [0.25, 0.3) is 0 Å². The molecule has 0 saturated heterocycles. The number of benzene rings is 1. The first-order valence-electron chi connectivity index (χ1n) is 15.4. The highest BCUT2D eigenvalue weighted by atomic mass is 28.4. The van der Waals surface area contributed by atoms with Gasteiger partial charge in [-0.1, -0.05) is 83.2 Å². The summed E-state index contributed by atoms with van der Waals surface area (Å²) >= 11 is 0. The molecule has 1 rings (SSSR count). The third-order valence-corrected chi connectivity index (χ3v) is 14.1. The Morgan fingerprint density at radius 3 is 1.30 bits per heavy atom. The first kappa shape index (κ1) is 44.1. The van der Waals surface area contributed by atoms with Gasteiger partial charge in [0.05, 0.1) is 0 Å². The minimum absolute atomic E-state index is 0. The Labute approximate surface area is 253 Å². The Balaban J connectivity index is -0.000000526. The van der Waals surface area contributed by atoms with E-state index in [0.29, 0.717) is 13.2 Å². The van der Waals surface area contributed by atoms with Crippen LogP contribution in [-0.2, 0) is 26.6 Å². The van der Waals surface area contributed by atoms with E-state index in [1.807, 2.05) is 45.9 Å². The third kappa shape index (κ3) is 23.2. The van der Waals surface area contributed by atoms with Crippen LogP contribution in [0, 0.1) is 0 Å². The normalized spacial score (nSPS) is 11.6. The second-order valence-electron chi connectivity index (χ2n) is 9.96. The van der Waals surface area contributed by atoms with Crippen LogP contribution in [0.15, 0.2) is 30.3 Å². The van der Waals surface area contributed by atoms with Gasteiger partial charge in [0.15, 0.2) is 0 Å². The summed E-state index contributed by atoms with van der Waals surface area (Å²) in [7, 11) is -5.65. The molecule has 0 aromatic heterocycles. The van der Waals surface area contributed by atoms with Gasteiger partial charge in [-0.05, 0) is 79.0 Å². The minimum Gasteiger partial charge on any atom is -0.395 e. The lowest BCUT2D eigenvalue weighted by molar-refractivity contribution is 0.188. The average Bonchev–Trinajstić information content (AvgIpc) is 2.88. The van der Waals surface area contributed by atoms with Crippen LogP contribution < -0.4 is 5.19 Å². The maximum Gasteiger partial charge on any atom is 0.369 e. The summed E-state index contributed by atoms with van der Waals surface area (Å²) < 4.78 is 33.9. The predicted molar refractivity (Wildman–Crippen MR) is 181 cm³/mol. The summed E-state index contributed by atoms with van der Waals surface area (Å²) in [5, 5.41) is 1.20. The SMILES string of the molecule is C.CCCCCCCC[Si](C)(OCC)OCC.CCO[Si](C)(C)OCC.CCO[Si](C)(OCC)c1ccccc1. The summed E-state index contributed by atoms with van der Waals surface area (Å²) in [4.78, 5) is 0. The lowest BCUT2D eigenvalue weighted by atomic mass is 10.1. The Hall–Kier alpha value is -0.369. The van der Waals surface area contributed by atoms with Crippen molar-refractivity contribution in [3.63, 3.8) is 0 Å². The first-order valence-corrected chi connectivity index (χ1v) is 23.1. The van der Waals surface area contributed by atoms with Gasteiger partial charge in [-0.2, -0.15) is 0 Å². The third-order valence-electron chi connectivity index (χ3n) is 6.01. The van der Waals surface area contributed by atoms with Gasteiger partial charge in [-0.3, -0.25) is 0 Å². The van der Waals surface area contributed by atoms with E-state index in [9.17, 15) is 0 Å². The Bertz CT molecular complexity index is 629. The van der Waals surface area contributed by atoms with Crippen molar-refractivity contribution in [2.45, 2.75) is 127 Å². The zero-order valence-electron chi connectivity index (χ0n) is 27.5. The predicted octanol–water partition coefficient (Wildman–Crippen LogP) is 8.93. The zero-order valence-corrected chi connectivity index (χ0v) is 30.5. The molecule has 1 aromatic carbocycles. The minimum atomic E-state index is -2.13. The molecule has 6 nitrogen and oxygen atoms in total. The summed E-state index contributed by atoms with van der Waals surface area (Å²) in [5.74, 6) is 0. The molecule has 0 aliphatic rings. The van der Waals surface area contributed by atoms with E-state index in [0.717, 1.165) is 32.5 Å². The van der Waals surface area contributed by atoms with Gasteiger partial charge < -0.3 is 26.6 Å². The fraction of sp³-hybridized carbons (Fsp3) is 0.806. The van der Waals surface area contributed by atoms with Crippen LogP contribution in [0.4, 0.5) is 0 Å². The molecule has 0 fully saturated rings. The van der Waals surface area contributed by atoms with E-state index < -0.39 is 25.7 Å². The molecule has 0 radical (unpaired) electrons. The number of rotatable bonds is 20. The lowest BCUT2D eigenvalue weighted by Gasteiger charge is -2.26. The molecule has 0 unspecified atom stereocenters. The summed E-state index contributed by atoms with van der Waals surface area (Å²) in [5.41, 5.74) is 0. The molecule has 1 aromatic rings. The number of hydrogen-bond donors (Lipinski definition) is 0. The van der Waals surface area contributed by atoms with Crippen molar-refractivity contribution in [1.29, 1.82) is 0 Å². The number of hydrogen-bond acceptors (Lipinski definition) is 6. The molecular formula is C31H68O6Si3. The first-order chi connectivity index (χ1) is 18.5. The molecule has 0 bridgehead atoms. The van der Waals surface area contributed by atoms with E-state index in [4.69, 9.17) is 26.6 Å². The van der Waals surface area contributed by atoms with Crippen LogP contribution in [0.5, 0.6) is 0 Å². The molecule has 0 spiro atoms. The lowest BCUT2D eigenvalue weighted by Crippen LogP contribution is -2.51. The smallest absolute Gasteiger partial charge is 0.369 e. The van der Waals surface area contributed by atoms with Crippen molar-refractivity contribution in [1.82, 2.24) is 0 Å². The Kier molecular flexibility index (Phi) is 30.3. The van der Waals surface area contributed by atoms with Crippen molar-refractivity contribution in [3.05, 3.63) is 30.3 Å². The molecular weight excluding hydrogens is 553 g/mol. The Morgan fingerprint density at radius 2 is 0.900 bits per heavy atom. The monoisotopic (exact) mass is 620 g/mol. The van der Waals surface area contributed by atoms with E-state index in [2.05, 4.69) is 59.1 Å². The van der Waals surface area contributed by atoms with E-state index >= 15 is 0 Å². The molecule has 40 heavy (non-hydrogen) atoms. The van der Waals surface area contributed by atoms with Gasteiger partial charge >= 0.3 is 25.7 Å². The van der Waals surface area contributed by atoms with Gasteiger partial charge in [-0.15, -0.1) is 0 Å². The largest absolute Gasteiger partial charge is 0.395 e. The van der Waals surface area contributed by atoms with Gasteiger partial charge in [-0.25, -0.2) is 0 Å². The van der Waals surface area contributed by atoms with Crippen molar-refractivity contribution in [2.75, 3.05) is 39.6 Å². The van der Waals surface area contributed by atoms with E-state index in [-0.39, 0.29) is 7.43 Å². The molecule has 0 heterocycles. The molecule has 0 aliphatic carbocycles. The van der Waals surface area contributed by atoms with Crippen molar-refractivity contribution < 1.29 is 26.6 Å². The molecule has 0 aliphatic heterocycles. The van der Waals surface area contributed by atoms with Gasteiger partial charge in [0.1, 0.15) is 0 Å². The van der Waals surface area contributed by atoms with Crippen LogP contribution >= 0.6 is 0 Å².